The molecule has 3 heteroatoms. The predicted molar refractivity (Wildman–Crippen MR) is 262 cm³/mol. The Balaban J connectivity index is 0.961. The number of thiophene rings is 1. The second-order valence-corrected chi connectivity index (χ2v) is 16.8. The fourth-order valence-corrected chi connectivity index (χ4v) is 10.4. The van der Waals surface area contributed by atoms with E-state index in [4.69, 9.17) is 0 Å². The zero-order chi connectivity index (χ0) is 40.3. The Bertz CT molecular complexity index is 3560. The molecule has 2 heterocycles. The standard InChI is InChI=1S/C58H38N2S/c1-3-12-39(13-4-1)43-15-11-16-44(36-43)40-22-28-47(29-23-40)59(49-32-35-53-52-20-9-10-21-56(52)61-57(53)38-49)48-30-24-41(25-31-48)45-27-33-51-54-34-26-42-14-7-8-19-50(42)58(54)60(55(51)37-45)46-17-5-2-6-18-46/h1-38H. The van der Waals surface area contributed by atoms with Gasteiger partial charge >= 0.3 is 0 Å². The highest BCUT2D eigenvalue weighted by Crippen LogP contribution is 2.43. The largest absolute Gasteiger partial charge is 0.310 e. The third-order valence-electron chi connectivity index (χ3n) is 12.2. The van der Waals surface area contributed by atoms with Gasteiger partial charge in [0, 0.05) is 59.1 Å². The van der Waals surface area contributed by atoms with Crippen molar-refractivity contribution in [1.82, 2.24) is 4.57 Å². The number of rotatable bonds is 7. The van der Waals surface area contributed by atoms with Crippen LogP contribution in [0, 0.1) is 0 Å². The zero-order valence-electron chi connectivity index (χ0n) is 33.2. The van der Waals surface area contributed by atoms with Crippen LogP contribution in [0.25, 0.3) is 91.8 Å². The summed E-state index contributed by atoms with van der Waals surface area (Å²) in [6.07, 6.45) is 0. The molecular weight excluding hydrogens is 757 g/mol. The Morgan fingerprint density at radius 1 is 0.311 bits per heavy atom. The number of nitrogens with zero attached hydrogens (tertiary/aromatic N) is 2. The lowest BCUT2D eigenvalue weighted by Crippen LogP contribution is -2.09. The lowest BCUT2D eigenvalue weighted by atomic mass is 9.99. The monoisotopic (exact) mass is 794 g/mol. The minimum atomic E-state index is 1.11. The van der Waals surface area contributed by atoms with Crippen molar-refractivity contribution >= 4 is 81.1 Å². The molecule has 0 radical (unpaired) electrons. The molecular formula is C58H38N2S. The van der Waals surface area contributed by atoms with Crippen LogP contribution in [0.3, 0.4) is 0 Å². The van der Waals surface area contributed by atoms with Crippen LogP contribution in [-0.4, -0.2) is 4.57 Å². The van der Waals surface area contributed by atoms with Gasteiger partial charge in [-0.3, -0.25) is 0 Å². The van der Waals surface area contributed by atoms with Gasteiger partial charge in [-0.1, -0.05) is 164 Å². The van der Waals surface area contributed by atoms with E-state index in [0.29, 0.717) is 0 Å². The molecule has 0 amide bonds. The molecule has 12 rings (SSSR count). The van der Waals surface area contributed by atoms with Crippen molar-refractivity contribution in [2.45, 2.75) is 0 Å². The van der Waals surface area contributed by atoms with Crippen LogP contribution in [0.4, 0.5) is 17.1 Å². The van der Waals surface area contributed by atoms with Crippen LogP contribution in [0.15, 0.2) is 231 Å². The highest BCUT2D eigenvalue weighted by atomic mass is 32.1. The third kappa shape index (κ3) is 6.09. The van der Waals surface area contributed by atoms with Crippen molar-refractivity contribution in [3.63, 3.8) is 0 Å². The number of anilines is 3. The highest BCUT2D eigenvalue weighted by Gasteiger charge is 2.18. The van der Waals surface area contributed by atoms with Crippen LogP contribution in [0.1, 0.15) is 0 Å². The fraction of sp³-hybridized carbons (Fsp3) is 0. The number of hydrogen-bond acceptors (Lipinski definition) is 2. The summed E-state index contributed by atoms with van der Waals surface area (Å²) in [5, 5.41) is 7.62. The van der Waals surface area contributed by atoms with Crippen molar-refractivity contribution < 1.29 is 0 Å². The molecule has 10 aromatic carbocycles. The summed E-state index contributed by atoms with van der Waals surface area (Å²) < 4.78 is 5.03. The normalized spacial score (nSPS) is 11.6. The maximum atomic E-state index is 2.44. The summed E-state index contributed by atoms with van der Waals surface area (Å²) >= 11 is 1.86. The average Bonchev–Trinajstić information content (AvgIpc) is 3.88. The molecule has 0 aliphatic rings. The first-order valence-corrected chi connectivity index (χ1v) is 21.6. The molecule has 0 N–H and O–H groups in total. The Morgan fingerprint density at radius 3 is 1.57 bits per heavy atom. The summed E-state index contributed by atoms with van der Waals surface area (Å²) in [4.78, 5) is 2.39. The fourth-order valence-electron chi connectivity index (χ4n) is 9.22. The van der Waals surface area contributed by atoms with Crippen molar-refractivity contribution in [3.8, 4) is 39.1 Å². The van der Waals surface area contributed by atoms with Crippen molar-refractivity contribution in [1.29, 1.82) is 0 Å². The van der Waals surface area contributed by atoms with E-state index in [0.717, 1.165) is 22.7 Å². The molecule has 2 nitrogen and oxygen atoms in total. The average molecular weight is 795 g/mol. The Labute approximate surface area is 358 Å². The first-order chi connectivity index (χ1) is 30.2. The van der Waals surface area contributed by atoms with E-state index in [-0.39, 0.29) is 0 Å². The predicted octanol–water partition coefficient (Wildman–Crippen LogP) is 16.8. The van der Waals surface area contributed by atoms with Gasteiger partial charge in [-0.25, -0.2) is 0 Å². The topological polar surface area (TPSA) is 8.17 Å². The number of benzene rings is 10. The van der Waals surface area contributed by atoms with Gasteiger partial charge in [0.15, 0.2) is 0 Å². The second-order valence-electron chi connectivity index (χ2n) is 15.7. The van der Waals surface area contributed by atoms with Crippen LogP contribution in [0.2, 0.25) is 0 Å². The lowest BCUT2D eigenvalue weighted by molar-refractivity contribution is 1.19. The van der Waals surface area contributed by atoms with Gasteiger partial charge in [-0.15, -0.1) is 11.3 Å². The summed E-state index contributed by atoms with van der Waals surface area (Å²) in [5.74, 6) is 0. The second kappa shape index (κ2) is 14.5. The quantitative estimate of drug-likeness (QED) is 0.156. The van der Waals surface area contributed by atoms with Crippen LogP contribution in [-0.2, 0) is 0 Å². The smallest absolute Gasteiger partial charge is 0.0619 e. The minimum Gasteiger partial charge on any atom is -0.310 e. The minimum absolute atomic E-state index is 1.11. The first kappa shape index (κ1) is 35.2. The van der Waals surface area contributed by atoms with Crippen molar-refractivity contribution in [2.24, 2.45) is 0 Å². The van der Waals surface area contributed by atoms with Gasteiger partial charge in [0.2, 0.25) is 0 Å². The number of fused-ring (bicyclic) bond motifs is 8. The SMILES string of the molecule is c1ccc(-c2cccc(-c3ccc(N(c4ccc(-c5ccc6c7ccc8ccccc8c7n(-c7ccccc7)c6c5)cc4)c4ccc5c(c4)sc4ccccc45)cc3)c2)cc1. The maximum absolute atomic E-state index is 2.44. The summed E-state index contributed by atoms with van der Waals surface area (Å²) in [7, 11) is 0. The van der Waals surface area contributed by atoms with Crippen LogP contribution in [0.5, 0.6) is 0 Å². The molecule has 0 saturated carbocycles. The van der Waals surface area contributed by atoms with Gasteiger partial charge < -0.3 is 9.47 Å². The van der Waals surface area contributed by atoms with E-state index in [1.54, 1.807) is 0 Å². The molecule has 0 bridgehead atoms. The Morgan fingerprint density at radius 2 is 0.836 bits per heavy atom. The van der Waals surface area contributed by atoms with E-state index in [1.165, 1.54) is 86.1 Å². The maximum Gasteiger partial charge on any atom is 0.0619 e. The molecule has 0 atom stereocenters. The van der Waals surface area contributed by atoms with E-state index in [2.05, 4.69) is 240 Å². The summed E-state index contributed by atoms with van der Waals surface area (Å²) in [6, 6.07) is 84.1. The van der Waals surface area contributed by atoms with E-state index in [9.17, 15) is 0 Å². The van der Waals surface area contributed by atoms with Gasteiger partial charge in [-0.05, 0) is 105 Å². The van der Waals surface area contributed by atoms with Gasteiger partial charge in [0.25, 0.3) is 0 Å². The molecule has 0 aliphatic heterocycles. The van der Waals surface area contributed by atoms with Gasteiger partial charge in [-0.2, -0.15) is 0 Å². The highest BCUT2D eigenvalue weighted by molar-refractivity contribution is 7.25. The molecule has 61 heavy (non-hydrogen) atoms. The summed E-state index contributed by atoms with van der Waals surface area (Å²) in [6.45, 7) is 0. The first-order valence-electron chi connectivity index (χ1n) is 20.8. The van der Waals surface area contributed by atoms with Gasteiger partial charge in [0.1, 0.15) is 0 Å². The van der Waals surface area contributed by atoms with E-state index >= 15 is 0 Å². The molecule has 286 valence electrons. The molecule has 0 spiro atoms. The van der Waals surface area contributed by atoms with Gasteiger partial charge in [0.05, 0.1) is 11.0 Å². The Hall–Kier alpha value is -7.72. The van der Waals surface area contributed by atoms with Crippen molar-refractivity contribution in [3.05, 3.63) is 231 Å². The Kier molecular flexibility index (Phi) is 8.39. The van der Waals surface area contributed by atoms with Crippen LogP contribution >= 0.6 is 11.3 Å². The van der Waals surface area contributed by atoms with E-state index < -0.39 is 0 Å². The number of hydrogen-bond donors (Lipinski definition) is 0. The summed E-state index contributed by atoms with van der Waals surface area (Å²) in [5.41, 5.74) is 14.1. The molecule has 0 aliphatic carbocycles. The molecule has 2 aromatic heterocycles. The van der Waals surface area contributed by atoms with E-state index in [1.807, 2.05) is 11.3 Å². The number of para-hydroxylation sites is 1. The molecule has 12 aromatic rings. The lowest BCUT2D eigenvalue weighted by Gasteiger charge is -2.26. The molecule has 0 saturated heterocycles. The molecule has 0 unspecified atom stereocenters. The zero-order valence-corrected chi connectivity index (χ0v) is 34.1. The third-order valence-corrected chi connectivity index (χ3v) is 13.3. The molecule has 0 fully saturated rings. The van der Waals surface area contributed by atoms with Crippen LogP contribution < -0.4 is 4.90 Å². The number of aromatic nitrogens is 1. The van der Waals surface area contributed by atoms with Crippen molar-refractivity contribution in [2.75, 3.05) is 4.90 Å².